The van der Waals surface area contributed by atoms with Gasteiger partial charge in [-0.2, -0.15) is 0 Å². The van der Waals surface area contributed by atoms with Crippen molar-refractivity contribution in [3.8, 4) is 0 Å². The van der Waals surface area contributed by atoms with Crippen LogP contribution in [-0.2, 0) is 0 Å². The van der Waals surface area contributed by atoms with Crippen LogP contribution in [-0.4, -0.2) is 44.8 Å². The molecule has 124 valence electrons. The van der Waals surface area contributed by atoms with E-state index in [9.17, 15) is 9.59 Å². The molecule has 0 radical (unpaired) electrons. The molecule has 1 aromatic heterocycles. The van der Waals surface area contributed by atoms with Crippen LogP contribution in [0.5, 0.6) is 0 Å². The average Bonchev–Trinajstić information content (AvgIpc) is 3.07. The van der Waals surface area contributed by atoms with Gasteiger partial charge in [-0.3, -0.25) is 9.59 Å². The molecule has 1 aliphatic carbocycles. The number of hydrogen-bond donors (Lipinski definition) is 2. The van der Waals surface area contributed by atoms with E-state index in [2.05, 4.69) is 15.5 Å². The number of aliphatic hydroxyl groups is 1. The van der Waals surface area contributed by atoms with Crippen molar-refractivity contribution >= 4 is 28.3 Å². The van der Waals surface area contributed by atoms with Gasteiger partial charge in [0, 0.05) is 17.7 Å². The lowest BCUT2D eigenvalue weighted by Crippen LogP contribution is -2.33. The summed E-state index contributed by atoms with van der Waals surface area (Å²) in [5.74, 6) is -0.657. The molecule has 0 unspecified atom stereocenters. The van der Waals surface area contributed by atoms with Crippen molar-refractivity contribution < 1.29 is 14.7 Å². The second-order valence-corrected chi connectivity index (χ2v) is 5.56. The van der Waals surface area contributed by atoms with Gasteiger partial charge in [-0.25, -0.2) is 0 Å². The number of nitrogens with one attached hydrogen (secondary N) is 1. The van der Waals surface area contributed by atoms with Crippen molar-refractivity contribution in [2.75, 3.05) is 13.2 Å². The molecule has 7 nitrogen and oxygen atoms in total. The third kappa shape index (κ3) is 2.41. The summed E-state index contributed by atoms with van der Waals surface area (Å²) < 4.78 is 0. The Balaban J connectivity index is 1.94. The van der Waals surface area contributed by atoms with Gasteiger partial charge in [-0.05, 0) is 12.1 Å². The van der Waals surface area contributed by atoms with Crippen LogP contribution in [0.3, 0.4) is 0 Å². The summed E-state index contributed by atoms with van der Waals surface area (Å²) in [6.45, 7) is -0.0325. The molecule has 0 fully saturated rings. The van der Waals surface area contributed by atoms with Crippen LogP contribution < -0.4 is 5.32 Å². The van der Waals surface area contributed by atoms with Crippen LogP contribution in [0.25, 0.3) is 16.7 Å². The van der Waals surface area contributed by atoms with Crippen molar-refractivity contribution in [1.82, 2.24) is 20.3 Å². The minimum absolute atomic E-state index is 0.0633. The predicted molar refractivity (Wildman–Crippen MR) is 90.9 cm³/mol. The highest BCUT2D eigenvalue weighted by Gasteiger charge is 2.34. The molecule has 0 saturated heterocycles. The lowest BCUT2D eigenvalue weighted by Gasteiger charge is -2.20. The third-order valence-electron chi connectivity index (χ3n) is 4.00. The summed E-state index contributed by atoms with van der Waals surface area (Å²) in [6, 6.07) is 13.8. The Bertz CT molecular complexity index is 1000. The summed E-state index contributed by atoms with van der Waals surface area (Å²) in [5, 5.41) is 20.6. The summed E-state index contributed by atoms with van der Waals surface area (Å²) in [4.78, 5) is 27.0. The first-order valence-corrected chi connectivity index (χ1v) is 7.80. The van der Waals surface area contributed by atoms with Crippen LogP contribution in [0.2, 0.25) is 0 Å². The monoisotopic (exact) mass is 334 g/mol. The quantitative estimate of drug-likeness (QED) is 0.745. The summed E-state index contributed by atoms with van der Waals surface area (Å²) in [5.41, 5.74) is 2.05. The number of nitrogens with zero attached hydrogens (tertiary/aromatic N) is 3. The largest absolute Gasteiger partial charge is 0.395 e. The van der Waals surface area contributed by atoms with Crippen molar-refractivity contribution in [2.45, 2.75) is 0 Å². The Morgan fingerprint density at radius 3 is 2.04 bits per heavy atom. The normalized spacial score (nSPS) is 14.1. The molecule has 0 spiro atoms. The number of Topliss-reactive ketones (excluding diaryl/α,β-unsaturated/α-hetero) is 2. The van der Waals surface area contributed by atoms with Gasteiger partial charge in [0.2, 0.25) is 11.6 Å². The molecule has 4 rings (SSSR count). The zero-order chi connectivity index (χ0) is 17.4. The zero-order valence-corrected chi connectivity index (χ0v) is 13.1. The van der Waals surface area contributed by atoms with Crippen LogP contribution in [0.1, 0.15) is 20.7 Å². The number of hydrogen-bond acceptors (Lipinski definition) is 6. The highest BCUT2D eigenvalue weighted by molar-refractivity contribution is 6.37. The second kappa shape index (κ2) is 5.95. The van der Waals surface area contributed by atoms with Gasteiger partial charge in [0.25, 0.3) is 0 Å². The van der Waals surface area contributed by atoms with E-state index in [1.54, 1.807) is 36.4 Å². The topological polar surface area (TPSA) is 97.1 Å². The maximum Gasteiger partial charge on any atom is 0.216 e. The van der Waals surface area contributed by atoms with Crippen LogP contribution >= 0.6 is 0 Å². The second-order valence-electron chi connectivity index (χ2n) is 5.56. The van der Waals surface area contributed by atoms with Crippen LogP contribution in [0.15, 0.2) is 54.2 Å². The van der Waals surface area contributed by atoms with Crippen LogP contribution in [0.4, 0.5) is 0 Å². The molecular formula is C18H14N4O3. The van der Waals surface area contributed by atoms with Gasteiger partial charge in [0.05, 0.1) is 6.61 Å². The fourth-order valence-electron chi connectivity index (χ4n) is 2.86. The fourth-order valence-corrected chi connectivity index (χ4v) is 2.86. The highest BCUT2D eigenvalue weighted by atomic mass is 16.3. The smallest absolute Gasteiger partial charge is 0.216 e. The van der Waals surface area contributed by atoms with Crippen molar-refractivity contribution in [1.29, 1.82) is 0 Å². The molecule has 0 saturated carbocycles. The number of ketones is 2. The van der Waals surface area contributed by atoms with Crippen LogP contribution in [0, 0.1) is 0 Å². The number of carbonyl (C=O) groups excluding carboxylic acids is 2. The van der Waals surface area contributed by atoms with E-state index in [1.807, 2.05) is 12.1 Å². The fraction of sp³-hybridized carbons (Fsp3) is 0.111. The Labute approximate surface area is 142 Å². The summed E-state index contributed by atoms with van der Waals surface area (Å²) in [7, 11) is 0. The van der Waals surface area contributed by atoms with E-state index in [-0.39, 0.29) is 36.1 Å². The van der Waals surface area contributed by atoms with Gasteiger partial charge < -0.3 is 10.4 Å². The van der Waals surface area contributed by atoms with Gasteiger partial charge in [0.15, 0.2) is 5.70 Å². The standard InChI is InChI=1S/C18H14N4O3/c23-10-9-19-15-16(22-20-13-7-3-4-8-14(13)21-22)18(25)12-6-2-1-5-11(12)17(15)24/h1-8,19,23H,9-10H2. The number of aromatic nitrogens is 3. The summed E-state index contributed by atoms with van der Waals surface area (Å²) >= 11 is 0. The summed E-state index contributed by atoms with van der Waals surface area (Å²) in [6.07, 6.45) is 0. The average molecular weight is 334 g/mol. The molecule has 7 heteroatoms. The van der Waals surface area contributed by atoms with Crippen molar-refractivity contribution in [2.24, 2.45) is 0 Å². The van der Waals surface area contributed by atoms with E-state index in [0.29, 0.717) is 22.2 Å². The molecule has 0 atom stereocenters. The first kappa shape index (κ1) is 15.2. The number of carbonyl (C=O) groups is 2. The SMILES string of the molecule is O=C1C(NCCO)=C(n2nc3ccccc3n2)C(=O)c2ccccc21. The van der Waals surface area contributed by atoms with E-state index in [1.165, 1.54) is 4.80 Å². The van der Waals surface area contributed by atoms with Gasteiger partial charge in [0.1, 0.15) is 16.7 Å². The maximum atomic E-state index is 13.0. The maximum absolute atomic E-state index is 13.0. The molecule has 1 aliphatic rings. The van der Waals surface area contributed by atoms with E-state index >= 15 is 0 Å². The molecule has 25 heavy (non-hydrogen) atoms. The Morgan fingerprint density at radius 2 is 1.44 bits per heavy atom. The lowest BCUT2D eigenvalue weighted by molar-refractivity contribution is 0.0979. The Morgan fingerprint density at radius 1 is 0.880 bits per heavy atom. The van der Waals surface area contributed by atoms with Crippen molar-refractivity contribution in [3.05, 3.63) is 65.4 Å². The molecule has 0 amide bonds. The van der Waals surface area contributed by atoms with E-state index in [0.717, 1.165) is 0 Å². The molecule has 0 aliphatic heterocycles. The minimum atomic E-state index is -0.337. The highest BCUT2D eigenvalue weighted by Crippen LogP contribution is 2.27. The molecule has 0 bridgehead atoms. The number of benzene rings is 2. The lowest BCUT2D eigenvalue weighted by atomic mass is 9.90. The number of fused-ring (bicyclic) bond motifs is 2. The number of aliphatic hydroxyl groups excluding tert-OH is 1. The molecule has 3 aromatic rings. The third-order valence-corrected chi connectivity index (χ3v) is 4.00. The minimum Gasteiger partial charge on any atom is -0.395 e. The Hall–Kier alpha value is -3.32. The number of rotatable bonds is 4. The Kier molecular flexibility index (Phi) is 3.62. The zero-order valence-electron chi connectivity index (χ0n) is 13.1. The first-order valence-electron chi connectivity index (χ1n) is 7.80. The molecule has 1 heterocycles. The van der Waals surface area contributed by atoms with Gasteiger partial charge in [-0.15, -0.1) is 15.0 Å². The molecule has 2 aromatic carbocycles. The first-order chi connectivity index (χ1) is 12.2. The van der Waals surface area contributed by atoms with E-state index in [4.69, 9.17) is 5.11 Å². The van der Waals surface area contributed by atoms with E-state index < -0.39 is 0 Å². The van der Waals surface area contributed by atoms with Crippen molar-refractivity contribution in [3.63, 3.8) is 0 Å². The van der Waals surface area contributed by atoms with Gasteiger partial charge in [-0.1, -0.05) is 36.4 Å². The number of allylic oxidation sites excluding steroid dienone is 2. The predicted octanol–water partition coefficient (Wildman–Crippen LogP) is 1.26. The molecular weight excluding hydrogens is 320 g/mol. The molecule has 2 N–H and O–H groups in total. The van der Waals surface area contributed by atoms with Gasteiger partial charge >= 0.3 is 0 Å².